The standard InChI is InChI=1S/C22H28N2O4S/c1-17-5-4-6-20(15-17)28-14-9-22(25)23-10-12-24(13-11-23)29(26,27)21-8-7-18(2)19(3)16-21/h4-8,15-16H,9-14H2,1-3H3. The van der Waals surface area contributed by atoms with Gasteiger partial charge in [0, 0.05) is 26.2 Å². The van der Waals surface area contributed by atoms with E-state index in [2.05, 4.69) is 0 Å². The maximum absolute atomic E-state index is 12.9. The first-order chi connectivity index (χ1) is 13.8. The molecule has 0 saturated carbocycles. The lowest BCUT2D eigenvalue weighted by Gasteiger charge is -2.34. The molecule has 0 aromatic heterocycles. The molecule has 0 aliphatic carbocycles. The predicted octanol–water partition coefficient (Wildman–Crippen LogP) is 2.91. The van der Waals surface area contributed by atoms with Crippen molar-refractivity contribution in [3.05, 3.63) is 59.2 Å². The summed E-state index contributed by atoms with van der Waals surface area (Å²) in [6.45, 7) is 7.57. The Morgan fingerprint density at radius 2 is 1.69 bits per heavy atom. The minimum Gasteiger partial charge on any atom is -0.493 e. The number of rotatable bonds is 6. The van der Waals surface area contributed by atoms with E-state index in [0.29, 0.717) is 37.7 Å². The van der Waals surface area contributed by atoms with Gasteiger partial charge in [-0.15, -0.1) is 0 Å². The lowest BCUT2D eigenvalue weighted by Crippen LogP contribution is -2.50. The third kappa shape index (κ3) is 5.16. The van der Waals surface area contributed by atoms with Crippen molar-refractivity contribution >= 4 is 15.9 Å². The van der Waals surface area contributed by atoms with Crippen molar-refractivity contribution in [2.45, 2.75) is 32.1 Å². The minimum atomic E-state index is -3.54. The van der Waals surface area contributed by atoms with Crippen LogP contribution in [-0.4, -0.2) is 56.3 Å². The molecular weight excluding hydrogens is 388 g/mol. The van der Waals surface area contributed by atoms with Crippen molar-refractivity contribution in [1.82, 2.24) is 9.21 Å². The molecule has 1 saturated heterocycles. The maximum Gasteiger partial charge on any atom is 0.243 e. The second-order valence-corrected chi connectivity index (χ2v) is 9.38. The summed E-state index contributed by atoms with van der Waals surface area (Å²) in [5.74, 6) is 0.739. The van der Waals surface area contributed by atoms with Crippen LogP contribution in [0.1, 0.15) is 23.1 Å². The van der Waals surface area contributed by atoms with E-state index >= 15 is 0 Å². The van der Waals surface area contributed by atoms with E-state index in [1.165, 1.54) is 4.31 Å². The molecule has 0 atom stereocenters. The van der Waals surface area contributed by atoms with Crippen LogP contribution in [0.5, 0.6) is 5.75 Å². The summed E-state index contributed by atoms with van der Waals surface area (Å²) in [4.78, 5) is 14.5. The predicted molar refractivity (Wildman–Crippen MR) is 113 cm³/mol. The summed E-state index contributed by atoms with van der Waals surface area (Å²) in [7, 11) is -3.54. The van der Waals surface area contributed by atoms with Crippen LogP contribution in [-0.2, 0) is 14.8 Å². The van der Waals surface area contributed by atoms with Gasteiger partial charge < -0.3 is 9.64 Å². The molecule has 1 aliphatic rings. The van der Waals surface area contributed by atoms with E-state index in [9.17, 15) is 13.2 Å². The van der Waals surface area contributed by atoms with Crippen LogP contribution in [0.25, 0.3) is 0 Å². The molecule has 29 heavy (non-hydrogen) atoms. The van der Waals surface area contributed by atoms with Gasteiger partial charge in [-0.2, -0.15) is 4.31 Å². The monoisotopic (exact) mass is 416 g/mol. The number of hydrogen-bond donors (Lipinski definition) is 0. The zero-order valence-corrected chi connectivity index (χ0v) is 18.0. The summed E-state index contributed by atoms with van der Waals surface area (Å²) in [5.41, 5.74) is 3.12. The van der Waals surface area contributed by atoms with Crippen LogP contribution >= 0.6 is 0 Å². The first kappa shape index (κ1) is 21.3. The van der Waals surface area contributed by atoms with Gasteiger partial charge in [-0.25, -0.2) is 8.42 Å². The van der Waals surface area contributed by atoms with Gasteiger partial charge in [-0.05, 0) is 61.7 Å². The number of sulfonamides is 1. The molecule has 3 rings (SSSR count). The van der Waals surface area contributed by atoms with Gasteiger partial charge in [0.25, 0.3) is 0 Å². The summed E-state index contributed by atoms with van der Waals surface area (Å²) in [5, 5.41) is 0. The Morgan fingerprint density at radius 3 is 2.34 bits per heavy atom. The molecule has 1 heterocycles. The highest BCUT2D eigenvalue weighted by Gasteiger charge is 2.30. The number of benzene rings is 2. The van der Waals surface area contributed by atoms with Crippen molar-refractivity contribution in [1.29, 1.82) is 0 Å². The molecule has 2 aromatic carbocycles. The van der Waals surface area contributed by atoms with Crippen molar-refractivity contribution < 1.29 is 17.9 Å². The summed E-state index contributed by atoms with van der Waals surface area (Å²) < 4.78 is 32.9. The summed E-state index contributed by atoms with van der Waals surface area (Å²) in [6.07, 6.45) is 0.276. The summed E-state index contributed by atoms with van der Waals surface area (Å²) in [6, 6.07) is 12.9. The number of carbonyl (C=O) groups excluding carboxylic acids is 1. The second kappa shape index (κ2) is 8.97. The molecular formula is C22H28N2O4S. The topological polar surface area (TPSA) is 66.9 Å². The molecule has 0 bridgehead atoms. The molecule has 0 spiro atoms. The Balaban J connectivity index is 1.51. The van der Waals surface area contributed by atoms with Gasteiger partial charge >= 0.3 is 0 Å². The van der Waals surface area contributed by atoms with Crippen molar-refractivity contribution in [2.24, 2.45) is 0 Å². The van der Waals surface area contributed by atoms with Crippen LogP contribution in [0.2, 0.25) is 0 Å². The van der Waals surface area contributed by atoms with Crippen molar-refractivity contribution in [3.63, 3.8) is 0 Å². The number of ether oxygens (including phenoxy) is 1. The van der Waals surface area contributed by atoms with Crippen molar-refractivity contribution in [3.8, 4) is 5.75 Å². The molecule has 156 valence electrons. The average Bonchev–Trinajstić information content (AvgIpc) is 2.70. The quantitative estimate of drug-likeness (QED) is 0.726. The van der Waals surface area contributed by atoms with Crippen LogP contribution in [0, 0.1) is 20.8 Å². The molecule has 6 nitrogen and oxygen atoms in total. The number of nitrogens with zero attached hydrogens (tertiary/aromatic N) is 2. The highest BCUT2D eigenvalue weighted by molar-refractivity contribution is 7.89. The average molecular weight is 417 g/mol. The maximum atomic E-state index is 12.9. The fraction of sp³-hybridized carbons (Fsp3) is 0.409. The number of hydrogen-bond acceptors (Lipinski definition) is 4. The van der Waals surface area contributed by atoms with Crippen LogP contribution in [0.3, 0.4) is 0 Å². The van der Waals surface area contributed by atoms with E-state index in [1.54, 1.807) is 17.0 Å². The number of aryl methyl sites for hydroxylation is 3. The zero-order chi connectivity index (χ0) is 21.0. The fourth-order valence-electron chi connectivity index (χ4n) is 3.32. The van der Waals surface area contributed by atoms with Crippen LogP contribution in [0.15, 0.2) is 47.4 Å². The Bertz CT molecular complexity index is 980. The molecule has 0 N–H and O–H groups in total. The van der Waals surface area contributed by atoms with Crippen LogP contribution < -0.4 is 4.74 Å². The van der Waals surface area contributed by atoms with Gasteiger partial charge in [0.05, 0.1) is 17.9 Å². The Morgan fingerprint density at radius 1 is 0.966 bits per heavy atom. The van der Waals surface area contributed by atoms with Gasteiger partial charge in [-0.3, -0.25) is 4.79 Å². The Labute approximate surface area is 173 Å². The molecule has 0 radical (unpaired) electrons. The Hall–Kier alpha value is -2.38. The first-order valence-corrected chi connectivity index (χ1v) is 11.3. The Kier molecular flexibility index (Phi) is 6.59. The summed E-state index contributed by atoms with van der Waals surface area (Å²) >= 11 is 0. The van der Waals surface area contributed by atoms with Gasteiger partial charge in [-0.1, -0.05) is 18.2 Å². The highest BCUT2D eigenvalue weighted by Crippen LogP contribution is 2.21. The molecule has 1 amide bonds. The smallest absolute Gasteiger partial charge is 0.243 e. The van der Waals surface area contributed by atoms with E-state index in [-0.39, 0.29) is 12.3 Å². The van der Waals surface area contributed by atoms with Crippen molar-refractivity contribution in [2.75, 3.05) is 32.8 Å². The third-order valence-corrected chi connectivity index (χ3v) is 7.18. The molecule has 2 aromatic rings. The third-order valence-electron chi connectivity index (χ3n) is 5.28. The van der Waals surface area contributed by atoms with E-state index in [4.69, 9.17) is 4.74 Å². The molecule has 0 unspecified atom stereocenters. The number of carbonyl (C=O) groups is 1. The largest absolute Gasteiger partial charge is 0.493 e. The highest BCUT2D eigenvalue weighted by atomic mass is 32.2. The van der Waals surface area contributed by atoms with E-state index < -0.39 is 10.0 Å². The SMILES string of the molecule is Cc1cccc(OCCC(=O)N2CCN(S(=O)(=O)c3ccc(C)c(C)c3)CC2)c1. The number of piperazine rings is 1. The van der Waals surface area contributed by atoms with Gasteiger partial charge in [0.2, 0.25) is 15.9 Å². The van der Waals surface area contributed by atoms with Gasteiger partial charge in [0.1, 0.15) is 5.75 Å². The lowest BCUT2D eigenvalue weighted by atomic mass is 10.1. The minimum absolute atomic E-state index is 0.0131. The second-order valence-electron chi connectivity index (χ2n) is 7.45. The normalized spacial score (nSPS) is 15.3. The fourth-order valence-corrected chi connectivity index (χ4v) is 4.83. The van der Waals surface area contributed by atoms with E-state index in [1.807, 2.05) is 51.1 Å². The molecule has 1 aliphatic heterocycles. The molecule has 1 fully saturated rings. The van der Waals surface area contributed by atoms with Gasteiger partial charge in [0.15, 0.2) is 0 Å². The lowest BCUT2D eigenvalue weighted by molar-refractivity contribution is -0.132. The molecule has 7 heteroatoms. The van der Waals surface area contributed by atoms with E-state index in [0.717, 1.165) is 22.4 Å². The number of amides is 1. The first-order valence-electron chi connectivity index (χ1n) is 9.82. The zero-order valence-electron chi connectivity index (χ0n) is 17.2. The van der Waals surface area contributed by atoms with Crippen LogP contribution in [0.4, 0.5) is 0 Å².